The molecule has 0 aromatic rings. The lowest BCUT2D eigenvalue weighted by molar-refractivity contribution is 0.199. The third kappa shape index (κ3) is 7.05. The summed E-state index contributed by atoms with van der Waals surface area (Å²) >= 11 is 0. The smallest absolute Gasteiger partial charge is 0.0430 e. The molecule has 2 nitrogen and oxygen atoms in total. The Morgan fingerprint density at radius 3 is 2.29 bits per heavy atom. The fourth-order valence-electron chi connectivity index (χ4n) is 2.66. The maximum absolute atomic E-state index is 8.07. The first-order chi connectivity index (χ1) is 8.21. The maximum Gasteiger partial charge on any atom is 0.0430 e. The van der Waals surface area contributed by atoms with E-state index in [9.17, 15) is 0 Å². The summed E-state index contributed by atoms with van der Waals surface area (Å²) in [4.78, 5) is 0. The summed E-state index contributed by atoms with van der Waals surface area (Å²) in [6, 6.07) is 0.800. The number of unbranched alkanes of at least 4 members (excludes halogenated alkanes) is 1. The highest BCUT2D eigenvalue weighted by atomic mass is 16.2. The predicted molar refractivity (Wildman–Crippen MR) is 76.3 cm³/mol. The van der Waals surface area contributed by atoms with Crippen LogP contribution in [0.2, 0.25) is 0 Å². The lowest BCUT2D eigenvalue weighted by Crippen LogP contribution is -2.39. The van der Waals surface area contributed by atoms with Crippen LogP contribution in [0, 0.1) is 11.8 Å². The highest BCUT2D eigenvalue weighted by Gasteiger charge is 2.26. The summed E-state index contributed by atoms with van der Waals surface area (Å²) in [6.07, 6.45) is 9.09. The number of aliphatic hydroxyl groups is 1. The molecule has 1 rings (SSSR count). The largest absolute Gasteiger partial charge is 0.396 e. The quantitative estimate of drug-likeness (QED) is 0.773. The van der Waals surface area contributed by atoms with Crippen molar-refractivity contribution in [1.29, 1.82) is 0 Å². The summed E-state index contributed by atoms with van der Waals surface area (Å²) in [5.41, 5.74) is 0. The number of aliphatic hydroxyl groups excluding tert-OH is 1. The van der Waals surface area contributed by atoms with Crippen LogP contribution < -0.4 is 5.32 Å². The Hall–Kier alpha value is -0.0800. The first-order valence-electron chi connectivity index (χ1n) is 7.49. The van der Waals surface area contributed by atoms with Gasteiger partial charge in [-0.2, -0.15) is 0 Å². The monoisotopic (exact) mass is 243 g/mol. The third-order valence-corrected chi connectivity index (χ3v) is 4.08. The van der Waals surface area contributed by atoms with E-state index < -0.39 is 0 Å². The second kappa shape index (κ2) is 11.0. The molecule has 0 saturated heterocycles. The van der Waals surface area contributed by atoms with Crippen LogP contribution in [0.5, 0.6) is 0 Å². The van der Waals surface area contributed by atoms with E-state index in [4.69, 9.17) is 5.11 Å². The molecule has 104 valence electrons. The van der Waals surface area contributed by atoms with Gasteiger partial charge in [-0.05, 0) is 38.1 Å². The Morgan fingerprint density at radius 1 is 1.24 bits per heavy atom. The van der Waals surface area contributed by atoms with Gasteiger partial charge in [-0.25, -0.2) is 0 Å². The van der Waals surface area contributed by atoms with Crippen LogP contribution in [0.4, 0.5) is 0 Å². The Kier molecular flexibility index (Phi) is 11.0. The molecule has 1 saturated carbocycles. The molecule has 0 aromatic heterocycles. The average molecular weight is 243 g/mol. The lowest BCUT2D eigenvalue weighted by Gasteiger charge is -2.35. The van der Waals surface area contributed by atoms with Crippen LogP contribution in [0.3, 0.4) is 0 Å². The molecule has 1 fully saturated rings. The van der Waals surface area contributed by atoms with Crippen molar-refractivity contribution in [3.05, 3.63) is 0 Å². The number of hydrogen-bond donors (Lipinski definition) is 2. The highest BCUT2D eigenvalue weighted by Crippen LogP contribution is 2.31. The van der Waals surface area contributed by atoms with E-state index >= 15 is 0 Å². The van der Waals surface area contributed by atoms with E-state index in [2.05, 4.69) is 33.1 Å². The van der Waals surface area contributed by atoms with E-state index in [0.29, 0.717) is 6.61 Å². The molecule has 0 aliphatic heterocycles. The van der Waals surface area contributed by atoms with E-state index in [1.807, 2.05) is 0 Å². The van der Waals surface area contributed by atoms with Crippen molar-refractivity contribution in [3.8, 4) is 0 Å². The van der Waals surface area contributed by atoms with Crippen LogP contribution in [0.15, 0.2) is 0 Å². The Labute approximate surface area is 108 Å². The van der Waals surface area contributed by atoms with Crippen LogP contribution in [0.25, 0.3) is 0 Å². The van der Waals surface area contributed by atoms with Gasteiger partial charge in [0.25, 0.3) is 0 Å². The molecule has 17 heavy (non-hydrogen) atoms. The van der Waals surface area contributed by atoms with Gasteiger partial charge in [-0.1, -0.05) is 46.5 Å². The molecule has 3 unspecified atom stereocenters. The van der Waals surface area contributed by atoms with Crippen LogP contribution in [-0.4, -0.2) is 24.8 Å². The number of hydrogen-bond acceptors (Lipinski definition) is 2. The van der Waals surface area contributed by atoms with Crippen molar-refractivity contribution in [1.82, 2.24) is 5.32 Å². The highest BCUT2D eigenvalue weighted by molar-refractivity contribution is 4.82. The second-order valence-corrected chi connectivity index (χ2v) is 5.31. The predicted octanol–water partition coefficient (Wildman–Crippen LogP) is 3.59. The Morgan fingerprint density at radius 2 is 1.88 bits per heavy atom. The van der Waals surface area contributed by atoms with Gasteiger partial charge in [-0.15, -0.1) is 0 Å². The molecular formula is C15H33NO. The summed E-state index contributed by atoms with van der Waals surface area (Å²) in [5.74, 6) is 1.84. The molecule has 0 heterocycles. The minimum Gasteiger partial charge on any atom is -0.396 e. The number of rotatable bonds is 5. The first kappa shape index (κ1) is 16.9. The van der Waals surface area contributed by atoms with Gasteiger partial charge in [0.05, 0.1) is 0 Å². The molecule has 0 spiro atoms. The van der Waals surface area contributed by atoms with E-state index in [1.54, 1.807) is 0 Å². The van der Waals surface area contributed by atoms with Crippen LogP contribution >= 0.6 is 0 Å². The van der Waals surface area contributed by atoms with E-state index in [1.165, 1.54) is 32.1 Å². The van der Waals surface area contributed by atoms with Crippen molar-refractivity contribution in [2.45, 2.75) is 71.8 Å². The van der Waals surface area contributed by atoms with Gasteiger partial charge in [0.2, 0.25) is 0 Å². The molecule has 0 aromatic carbocycles. The van der Waals surface area contributed by atoms with E-state index in [0.717, 1.165) is 30.7 Å². The van der Waals surface area contributed by atoms with Gasteiger partial charge < -0.3 is 10.4 Å². The van der Waals surface area contributed by atoms with Crippen LogP contribution in [0.1, 0.15) is 65.7 Å². The van der Waals surface area contributed by atoms with Crippen molar-refractivity contribution >= 4 is 0 Å². The van der Waals surface area contributed by atoms with E-state index in [-0.39, 0.29) is 0 Å². The zero-order valence-corrected chi connectivity index (χ0v) is 12.3. The average Bonchev–Trinajstić information content (AvgIpc) is 2.39. The van der Waals surface area contributed by atoms with Crippen molar-refractivity contribution in [2.75, 3.05) is 13.7 Å². The molecular weight excluding hydrogens is 210 g/mol. The zero-order chi connectivity index (χ0) is 13.1. The normalized spacial score (nSPS) is 25.9. The van der Waals surface area contributed by atoms with Gasteiger partial charge in [0, 0.05) is 12.6 Å². The zero-order valence-electron chi connectivity index (χ0n) is 12.3. The topological polar surface area (TPSA) is 32.3 Å². The molecule has 1 aliphatic carbocycles. The van der Waals surface area contributed by atoms with Gasteiger partial charge >= 0.3 is 0 Å². The molecule has 1 aliphatic rings. The molecule has 2 heteroatoms. The van der Waals surface area contributed by atoms with Gasteiger partial charge in [-0.3, -0.25) is 0 Å². The number of nitrogens with one attached hydrogen (secondary N) is 1. The standard InChI is InChI=1S/C11H23N.C4H10O/c1-4-9(2)10-7-5-6-8-11(10)12-3;1-2-3-4-5/h9-12H,4-8H2,1-3H3;5H,2-4H2,1H3. The SMILES string of the molecule is CCC(C)C1CCCCC1NC.CCCCO. The summed E-state index contributed by atoms with van der Waals surface area (Å²) in [6.45, 7) is 7.11. The second-order valence-electron chi connectivity index (χ2n) is 5.31. The minimum atomic E-state index is 0.344. The lowest BCUT2D eigenvalue weighted by atomic mass is 9.76. The first-order valence-corrected chi connectivity index (χ1v) is 7.49. The minimum absolute atomic E-state index is 0.344. The summed E-state index contributed by atoms with van der Waals surface area (Å²) in [5, 5.41) is 11.5. The molecule has 0 radical (unpaired) electrons. The van der Waals surface area contributed by atoms with Crippen molar-refractivity contribution in [2.24, 2.45) is 11.8 Å². The van der Waals surface area contributed by atoms with Crippen molar-refractivity contribution in [3.63, 3.8) is 0 Å². The van der Waals surface area contributed by atoms with Crippen molar-refractivity contribution < 1.29 is 5.11 Å². The van der Waals surface area contributed by atoms with Gasteiger partial charge in [0.15, 0.2) is 0 Å². The maximum atomic E-state index is 8.07. The fraction of sp³-hybridized carbons (Fsp3) is 1.00. The Balaban J connectivity index is 0.000000437. The van der Waals surface area contributed by atoms with Crippen LogP contribution in [-0.2, 0) is 0 Å². The summed E-state index contributed by atoms with van der Waals surface area (Å²) in [7, 11) is 2.12. The molecule has 3 atom stereocenters. The van der Waals surface area contributed by atoms with Gasteiger partial charge in [0.1, 0.15) is 0 Å². The third-order valence-electron chi connectivity index (χ3n) is 4.08. The molecule has 0 amide bonds. The molecule has 2 N–H and O–H groups in total. The Bertz CT molecular complexity index is 159. The fourth-order valence-corrected chi connectivity index (χ4v) is 2.66. The molecule has 0 bridgehead atoms. The summed E-state index contributed by atoms with van der Waals surface area (Å²) < 4.78 is 0.